The first-order chi connectivity index (χ1) is 14.6. The minimum Gasteiger partial charge on any atom is -0.494 e. The molecule has 1 fully saturated rings. The van der Waals surface area contributed by atoms with Crippen molar-refractivity contribution in [2.24, 2.45) is 4.99 Å². The van der Waals surface area contributed by atoms with Crippen molar-refractivity contribution >= 4 is 35.6 Å². The zero-order valence-electron chi connectivity index (χ0n) is 17.7. The molecule has 1 aliphatic heterocycles. The lowest BCUT2D eigenvalue weighted by Crippen LogP contribution is -2.44. The maximum Gasteiger partial charge on any atom is 0.387 e. The lowest BCUT2D eigenvalue weighted by Gasteiger charge is -2.22. The number of nitrogens with one attached hydrogen (secondary N) is 2. The van der Waals surface area contributed by atoms with Crippen molar-refractivity contribution in [3.05, 3.63) is 54.1 Å². The number of guanidine groups is 1. The Labute approximate surface area is 199 Å². The van der Waals surface area contributed by atoms with Gasteiger partial charge in [0, 0.05) is 32.7 Å². The third kappa shape index (κ3) is 7.41. The van der Waals surface area contributed by atoms with E-state index in [0.29, 0.717) is 31.3 Å². The Morgan fingerprint density at radius 1 is 1.23 bits per heavy atom. The lowest BCUT2D eigenvalue weighted by molar-refractivity contribution is -0.0495. The maximum absolute atomic E-state index is 12.7. The van der Waals surface area contributed by atoms with Gasteiger partial charge in [0.25, 0.3) is 0 Å². The van der Waals surface area contributed by atoms with Gasteiger partial charge in [-0.2, -0.15) is 8.78 Å². The third-order valence-electron chi connectivity index (χ3n) is 4.84. The fourth-order valence-corrected chi connectivity index (χ4v) is 3.50. The molecule has 6 nitrogen and oxygen atoms in total. The summed E-state index contributed by atoms with van der Waals surface area (Å²) >= 11 is 0. The van der Waals surface area contributed by atoms with E-state index in [2.05, 4.69) is 20.4 Å². The number of halogens is 3. The summed E-state index contributed by atoms with van der Waals surface area (Å²) in [6.07, 6.45) is 0.865. The molecular weight excluding hydrogens is 517 g/mol. The number of rotatable bonds is 8. The predicted molar refractivity (Wildman–Crippen MR) is 130 cm³/mol. The Hall–Kier alpha value is -2.30. The number of anilines is 1. The average molecular weight is 546 g/mol. The van der Waals surface area contributed by atoms with Crippen LogP contribution in [0.2, 0.25) is 0 Å². The highest BCUT2D eigenvalue weighted by atomic mass is 127. The topological polar surface area (TPSA) is 58.1 Å². The van der Waals surface area contributed by atoms with Crippen LogP contribution in [-0.2, 0) is 6.54 Å². The minimum absolute atomic E-state index is 0. The number of alkyl halides is 2. The summed E-state index contributed by atoms with van der Waals surface area (Å²) in [6, 6.07) is 15.0. The summed E-state index contributed by atoms with van der Waals surface area (Å²) in [6.45, 7) is 1.77. The van der Waals surface area contributed by atoms with E-state index in [0.717, 1.165) is 24.3 Å². The summed E-state index contributed by atoms with van der Waals surface area (Å²) < 4.78 is 35.6. The highest BCUT2D eigenvalue weighted by molar-refractivity contribution is 14.0. The number of hydrogen-bond acceptors (Lipinski definition) is 4. The van der Waals surface area contributed by atoms with Crippen molar-refractivity contribution in [2.75, 3.05) is 31.6 Å². The summed E-state index contributed by atoms with van der Waals surface area (Å²) in [5.41, 5.74) is 1.77. The Morgan fingerprint density at radius 3 is 2.77 bits per heavy atom. The first-order valence-corrected chi connectivity index (χ1v) is 10.1. The molecule has 0 aromatic heterocycles. The van der Waals surface area contributed by atoms with Crippen LogP contribution in [0, 0.1) is 0 Å². The Bertz CT molecular complexity index is 854. The monoisotopic (exact) mass is 546 g/mol. The van der Waals surface area contributed by atoms with Crippen molar-refractivity contribution in [2.45, 2.75) is 32.5 Å². The van der Waals surface area contributed by atoms with E-state index in [4.69, 9.17) is 4.74 Å². The Balaban J connectivity index is 0.00000341. The predicted octanol–water partition coefficient (Wildman–Crippen LogP) is 4.25. The number of hydrogen-bond donors (Lipinski definition) is 2. The number of benzene rings is 2. The van der Waals surface area contributed by atoms with Gasteiger partial charge in [-0.3, -0.25) is 4.99 Å². The molecule has 1 heterocycles. The van der Waals surface area contributed by atoms with Gasteiger partial charge in [-0.25, -0.2) is 0 Å². The summed E-state index contributed by atoms with van der Waals surface area (Å²) in [5, 5.41) is 6.73. The largest absolute Gasteiger partial charge is 0.494 e. The fraction of sp³-hybridized carbons (Fsp3) is 0.409. The summed E-state index contributed by atoms with van der Waals surface area (Å²) in [7, 11) is 1.73. The van der Waals surface area contributed by atoms with Gasteiger partial charge in [0.05, 0.1) is 12.3 Å². The van der Waals surface area contributed by atoms with E-state index in [-0.39, 0.29) is 35.8 Å². The van der Waals surface area contributed by atoms with Gasteiger partial charge in [-0.15, -0.1) is 24.0 Å². The smallest absolute Gasteiger partial charge is 0.387 e. The van der Waals surface area contributed by atoms with Crippen LogP contribution < -0.4 is 25.0 Å². The molecule has 2 N–H and O–H groups in total. The van der Waals surface area contributed by atoms with Crippen molar-refractivity contribution in [1.29, 1.82) is 0 Å². The van der Waals surface area contributed by atoms with E-state index in [1.807, 2.05) is 42.2 Å². The van der Waals surface area contributed by atoms with E-state index in [9.17, 15) is 8.78 Å². The van der Waals surface area contributed by atoms with Crippen LogP contribution in [0.25, 0.3) is 0 Å². The molecule has 0 radical (unpaired) electrons. The molecule has 1 saturated heterocycles. The van der Waals surface area contributed by atoms with Crippen molar-refractivity contribution in [3.8, 4) is 11.5 Å². The second-order valence-electron chi connectivity index (χ2n) is 6.93. The molecule has 0 bridgehead atoms. The van der Waals surface area contributed by atoms with Gasteiger partial charge < -0.3 is 25.0 Å². The number of ether oxygens (including phenoxy) is 2. The zero-order chi connectivity index (χ0) is 21.3. The molecule has 0 amide bonds. The summed E-state index contributed by atoms with van der Waals surface area (Å²) in [4.78, 5) is 6.35. The van der Waals surface area contributed by atoms with E-state index < -0.39 is 6.61 Å². The van der Waals surface area contributed by atoms with Crippen LogP contribution in [0.4, 0.5) is 14.5 Å². The molecule has 1 atom stereocenters. The Morgan fingerprint density at radius 2 is 2.03 bits per heavy atom. The van der Waals surface area contributed by atoms with Gasteiger partial charge >= 0.3 is 6.61 Å². The highest BCUT2D eigenvalue weighted by Gasteiger charge is 2.26. The third-order valence-corrected chi connectivity index (χ3v) is 4.84. The SMILES string of the molecule is CCOc1cccc(CNC(=NC)NC2CCN(c3ccccc3OC(F)F)C2)c1.I. The standard InChI is InChI=1S/C22H28F2N4O2.HI/c1-3-29-18-8-6-7-16(13-18)14-26-22(25-2)27-17-11-12-28(15-17)19-9-4-5-10-20(19)30-21(23)24;/h4-10,13,17,21H,3,11-12,14-15H2,1-2H3,(H2,25,26,27);1H. The van der Waals surface area contributed by atoms with E-state index in [1.54, 1.807) is 25.2 Å². The fourth-order valence-electron chi connectivity index (χ4n) is 3.50. The zero-order valence-corrected chi connectivity index (χ0v) is 20.0. The molecule has 3 rings (SSSR count). The maximum atomic E-state index is 12.7. The van der Waals surface area contributed by atoms with Crippen LogP contribution in [-0.4, -0.2) is 45.4 Å². The van der Waals surface area contributed by atoms with Gasteiger partial charge in [-0.1, -0.05) is 24.3 Å². The number of nitrogens with zero attached hydrogens (tertiary/aromatic N) is 2. The molecule has 1 aliphatic rings. The Kier molecular flexibility index (Phi) is 10.1. The molecule has 31 heavy (non-hydrogen) atoms. The van der Waals surface area contributed by atoms with Crippen LogP contribution in [0.3, 0.4) is 0 Å². The van der Waals surface area contributed by atoms with E-state index >= 15 is 0 Å². The van der Waals surface area contributed by atoms with Crippen molar-refractivity contribution in [3.63, 3.8) is 0 Å². The van der Waals surface area contributed by atoms with Gasteiger partial charge in [0.15, 0.2) is 5.96 Å². The molecular formula is C22H29F2IN4O2. The van der Waals surface area contributed by atoms with Gasteiger partial charge in [-0.05, 0) is 43.2 Å². The average Bonchev–Trinajstić information content (AvgIpc) is 3.20. The summed E-state index contributed by atoms with van der Waals surface area (Å²) in [5.74, 6) is 1.74. The second-order valence-corrected chi connectivity index (χ2v) is 6.93. The quantitative estimate of drug-likeness (QED) is 0.295. The van der Waals surface area contributed by atoms with Crippen LogP contribution >= 0.6 is 24.0 Å². The van der Waals surface area contributed by atoms with Gasteiger partial charge in [0.1, 0.15) is 11.5 Å². The van der Waals surface area contributed by atoms with Crippen molar-refractivity contribution in [1.82, 2.24) is 10.6 Å². The first kappa shape index (κ1) is 25.0. The molecule has 170 valence electrons. The lowest BCUT2D eigenvalue weighted by atomic mass is 10.2. The molecule has 0 saturated carbocycles. The molecule has 0 aliphatic carbocycles. The van der Waals surface area contributed by atoms with Gasteiger partial charge in [0.2, 0.25) is 0 Å². The number of aliphatic imine (C=N–C) groups is 1. The first-order valence-electron chi connectivity index (χ1n) is 10.1. The number of para-hydroxylation sites is 2. The molecule has 2 aromatic carbocycles. The van der Waals surface area contributed by atoms with Crippen molar-refractivity contribution < 1.29 is 18.3 Å². The molecule has 0 spiro atoms. The molecule has 2 aromatic rings. The molecule has 9 heteroatoms. The van der Waals surface area contributed by atoms with Crippen LogP contribution in [0.15, 0.2) is 53.5 Å². The van der Waals surface area contributed by atoms with Crippen LogP contribution in [0.1, 0.15) is 18.9 Å². The normalized spacial score (nSPS) is 16.1. The molecule has 1 unspecified atom stereocenters. The highest BCUT2D eigenvalue weighted by Crippen LogP contribution is 2.31. The second kappa shape index (κ2) is 12.5. The van der Waals surface area contributed by atoms with Crippen LogP contribution in [0.5, 0.6) is 11.5 Å². The minimum atomic E-state index is -2.84. The van der Waals surface area contributed by atoms with E-state index in [1.165, 1.54) is 0 Å².